The smallest absolute Gasteiger partial charge is 0.349 e. The Balaban J connectivity index is 3.27. The van der Waals surface area contributed by atoms with E-state index in [0.29, 0.717) is 0 Å². The molecule has 0 radical (unpaired) electrons. The molecule has 0 bridgehead atoms. The molecule has 0 amide bonds. The third kappa shape index (κ3) is 1.44. The summed E-state index contributed by atoms with van der Waals surface area (Å²) in [4.78, 5) is 11.2. The van der Waals surface area contributed by atoms with Crippen LogP contribution in [0.15, 0.2) is 11.1 Å². The van der Waals surface area contributed by atoms with Gasteiger partial charge in [0.25, 0.3) is 0 Å². The zero-order valence-corrected chi connectivity index (χ0v) is 8.34. The first-order valence-electron chi connectivity index (χ1n) is 4.28. The Kier molecular flexibility index (Phi) is 2.17. The van der Waals surface area contributed by atoms with Crippen molar-refractivity contribution >= 4 is 5.97 Å². The molecule has 0 saturated heterocycles. The summed E-state index contributed by atoms with van der Waals surface area (Å²) in [6.45, 7) is 7.53. The maximum absolute atomic E-state index is 11.2. The normalized spacial score (nSPS) is 20.5. The lowest BCUT2D eigenvalue weighted by molar-refractivity contribution is -0.144. The van der Waals surface area contributed by atoms with E-state index in [0.717, 1.165) is 5.57 Å². The quantitative estimate of drug-likeness (QED) is 0.577. The van der Waals surface area contributed by atoms with Gasteiger partial charge in [0.15, 0.2) is 0 Å². The zero-order chi connectivity index (χ0) is 10.2. The highest BCUT2D eigenvalue weighted by Gasteiger charge is 2.41. The van der Waals surface area contributed by atoms with E-state index < -0.39 is 11.6 Å². The minimum Gasteiger partial charge on any atom is -0.451 e. The van der Waals surface area contributed by atoms with Crippen LogP contribution < -0.4 is 0 Å². The Bertz CT molecular complexity index is 318. The summed E-state index contributed by atoms with van der Waals surface area (Å²) in [5.74, 6) is -0.327. The number of ether oxygens (including phenoxy) is 1. The zero-order valence-electron chi connectivity index (χ0n) is 8.34. The minimum atomic E-state index is -0.615. The van der Waals surface area contributed by atoms with Gasteiger partial charge in [-0.3, -0.25) is 0 Å². The first-order chi connectivity index (χ1) is 5.90. The average Bonchev–Trinajstić information content (AvgIpc) is 2.19. The van der Waals surface area contributed by atoms with Crippen LogP contribution in [-0.2, 0) is 9.53 Å². The molecule has 0 fully saturated rings. The van der Waals surface area contributed by atoms with Crippen LogP contribution in [0.25, 0.3) is 0 Å². The number of hydrogen-bond acceptors (Lipinski definition) is 3. The van der Waals surface area contributed by atoms with Gasteiger partial charge in [0.2, 0.25) is 0 Å². The maximum atomic E-state index is 11.2. The van der Waals surface area contributed by atoms with E-state index in [1.165, 1.54) is 0 Å². The predicted molar refractivity (Wildman–Crippen MR) is 47.6 cm³/mol. The summed E-state index contributed by atoms with van der Waals surface area (Å²) in [6.07, 6.45) is 0. The molecule has 0 spiro atoms. The molecule has 70 valence electrons. The van der Waals surface area contributed by atoms with Crippen molar-refractivity contribution in [2.45, 2.75) is 33.3 Å². The summed E-state index contributed by atoms with van der Waals surface area (Å²) in [7, 11) is 0. The lowest BCUT2D eigenvalue weighted by Gasteiger charge is -2.23. The van der Waals surface area contributed by atoms with Crippen LogP contribution >= 0.6 is 0 Å². The third-order valence-corrected chi connectivity index (χ3v) is 2.16. The summed E-state index contributed by atoms with van der Waals surface area (Å²) in [5.41, 5.74) is 0.371. The molecular weight excluding hydrogens is 166 g/mol. The van der Waals surface area contributed by atoms with E-state index in [4.69, 9.17) is 10.00 Å². The van der Waals surface area contributed by atoms with Crippen molar-refractivity contribution in [1.29, 1.82) is 5.26 Å². The van der Waals surface area contributed by atoms with E-state index in [2.05, 4.69) is 0 Å². The topological polar surface area (TPSA) is 50.1 Å². The summed E-state index contributed by atoms with van der Waals surface area (Å²) >= 11 is 0. The molecule has 0 aromatic rings. The number of carbonyl (C=O) groups is 1. The molecule has 0 unspecified atom stereocenters. The lowest BCUT2D eigenvalue weighted by Crippen LogP contribution is -2.25. The fraction of sp³-hybridized carbons (Fsp3) is 0.600. The van der Waals surface area contributed by atoms with Crippen LogP contribution in [0.2, 0.25) is 0 Å². The minimum absolute atomic E-state index is 0.163. The molecule has 0 saturated carbocycles. The van der Waals surface area contributed by atoms with Crippen LogP contribution in [-0.4, -0.2) is 11.6 Å². The lowest BCUT2D eigenvalue weighted by atomic mass is 9.87. The van der Waals surface area contributed by atoms with Gasteiger partial charge in [-0.2, -0.15) is 5.26 Å². The molecule has 0 aromatic heterocycles. The Hall–Kier alpha value is -1.30. The molecule has 1 aliphatic heterocycles. The molecule has 1 aliphatic rings. The van der Waals surface area contributed by atoms with Crippen LogP contribution in [0, 0.1) is 17.2 Å². The number of cyclic esters (lactones) is 1. The molecule has 0 aliphatic carbocycles. The van der Waals surface area contributed by atoms with Crippen LogP contribution in [0.5, 0.6) is 0 Å². The summed E-state index contributed by atoms with van der Waals surface area (Å²) in [6, 6.07) is 1.91. The Morgan fingerprint density at radius 2 is 2.00 bits per heavy atom. The highest BCUT2D eigenvalue weighted by Crippen LogP contribution is 2.36. The van der Waals surface area contributed by atoms with Gasteiger partial charge >= 0.3 is 5.97 Å². The molecular formula is C10H13NO2. The van der Waals surface area contributed by atoms with Crippen molar-refractivity contribution in [1.82, 2.24) is 0 Å². The van der Waals surface area contributed by atoms with Crippen molar-refractivity contribution < 1.29 is 9.53 Å². The molecule has 1 rings (SSSR count). The molecule has 3 heteroatoms. The van der Waals surface area contributed by atoms with E-state index in [1.807, 2.05) is 33.8 Å². The fourth-order valence-corrected chi connectivity index (χ4v) is 1.84. The Morgan fingerprint density at radius 3 is 2.31 bits per heavy atom. The van der Waals surface area contributed by atoms with Gasteiger partial charge in [0.1, 0.15) is 17.2 Å². The number of carbonyl (C=O) groups excluding carboxylic acids is 1. The number of rotatable bonds is 1. The van der Waals surface area contributed by atoms with Gasteiger partial charge in [-0.25, -0.2) is 4.79 Å². The van der Waals surface area contributed by atoms with Crippen LogP contribution in [0.4, 0.5) is 0 Å². The standard InChI is InChI=1S/C10H13NO2/c1-6(2)8-7(5-11)9(12)13-10(8,3)4/h6H,1-4H3. The largest absolute Gasteiger partial charge is 0.451 e. The molecule has 0 aromatic carbocycles. The van der Waals surface area contributed by atoms with Crippen molar-refractivity contribution in [2.75, 3.05) is 0 Å². The molecule has 1 heterocycles. The van der Waals surface area contributed by atoms with Crippen LogP contribution in [0.3, 0.4) is 0 Å². The van der Waals surface area contributed by atoms with E-state index in [-0.39, 0.29) is 11.5 Å². The van der Waals surface area contributed by atoms with Gasteiger partial charge in [-0.15, -0.1) is 0 Å². The van der Waals surface area contributed by atoms with Crippen molar-refractivity contribution in [3.63, 3.8) is 0 Å². The number of nitriles is 1. The summed E-state index contributed by atoms with van der Waals surface area (Å²) in [5, 5.41) is 8.78. The van der Waals surface area contributed by atoms with Crippen LogP contribution in [0.1, 0.15) is 27.7 Å². The van der Waals surface area contributed by atoms with Gasteiger partial charge in [-0.05, 0) is 19.8 Å². The predicted octanol–water partition coefficient (Wildman–Crippen LogP) is 1.80. The van der Waals surface area contributed by atoms with E-state index in [9.17, 15) is 4.79 Å². The van der Waals surface area contributed by atoms with Gasteiger partial charge in [0.05, 0.1) is 0 Å². The first-order valence-corrected chi connectivity index (χ1v) is 4.28. The van der Waals surface area contributed by atoms with E-state index >= 15 is 0 Å². The van der Waals surface area contributed by atoms with E-state index in [1.54, 1.807) is 0 Å². The second-order valence-corrected chi connectivity index (χ2v) is 3.96. The fourth-order valence-electron chi connectivity index (χ4n) is 1.84. The monoisotopic (exact) mass is 179 g/mol. The molecule has 3 nitrogen and oxygen atoms in total. The van der Waals surface area contributed by atoms with Gasteiger partial charge in [0, 0.05) is 5.57 Å². The number of hydrogen-bond donors (Lipinski definition) is 0. The highest BCUT2D eigenvalue weighted by molar-refractivity contribution is 5.97. The average molecular weight is 179 g/mol. The van der Waals surface area contributed by atoms with Crippen molar-refractivity contribution in [3.8, 4) is 6.07 Å². The summed E-state index contributed by atoms with van der Waals surface area (Å²) < 4.78 is 5.09. The second-order valence-electron chi connectivity index (χ2n) is 3.96. The number of esters is 1. The van der Waals surface area contributed by atoms with Crippen molar-refractivity contribution in [3.05, 3.63) is 11.1 Å². The van der Waals surface area contributed by atoms with Crippen molar-refractivity contribution in [2.24, 2.45) is 5.92 Å². The molecule has 0 atom stereocenters. The molecule has 0 N–H and O–H groups in total. The highest BCUT2D eigenvalue weighted by atomic mass is 16.6. The third-order valence-electron chi connectivity index (χ3n) is 2.16. The second kappa shape index (κ2) is 2.88. The van der Waals surface area contributed by atoms with Gasteiger partial charge < -0.3 is 4.74 Å². The van der Waals surface area contributed by atoms with Gasteiger partial charge in [-0.1, -0.05) is 13.8 Å². The molecule has 13 heavy (non-hydrogen) atoms. The SMILES string of the molecule is CC(C)C1=C(C#N)C(=O)OC1(C)C. The Morgan fingerprint density at radius 1 is 1.46 bits per heavy atom. The Labute approximate surface area is 78.0 Å². The first kappa shape index (κ1) is 9.79. The number of nitrogens with zero attached hydrogens (tertiary/aromatic N) is 1. The maximum Gasteiger partial charge on any atom is 0.349 e.